The summed E-state index contributed by atoms with van der Waals surface area (Å²) in [6, 6.07) is 34.5. The largest absolute Gasteiger partial charge is 0.399 e. The molecule has 1 aromatic heterocycles. The third-order valence-corrected chi connectivity index (χ3v) is 6.74. The quantitative estimate of drug-likeness (QED) is 0.278. The summed E-state index contributed by atoms with van der Waals surface area (Å²) in [6.07, 6.45) is 0. The number of hydrogen-bond donors (Lipinski definition) is 2. The van der Waals surface area contributed by atoms with Gasteiger partial charge in [-0.3, -0.25) is 0 Å². The van der Waals surface area contributed by atoms with E-state index < -0.39 is 0 Å². The van der Waals surface area contributed by atoms with Gasteiger partial charge in [-0.1, -0.05) is 36.4 Å². The molecule has 0 amide bonds. The highest BCUT2D eigenvalue weighted by atomic mass is 15.2. The van der Waals surface area contributed by atoms with Crippen molar-refractivity contribution in [1.29, 1.82) is 0 Å². The minimum absolute atomic E-state index is 0.174. The van der Waals surface area contributed by atoms with Gasteiger partial charge >= 0.3 is 0 Å². The number of rotatable bonds is 6. The van der Waals surface area contributed by atoms with Crippen LogP contribution < -0.4 is 16.0 Å². The van der Waals surface area contributed by atoms with E-state index in [1.807, 2.05) is 19.2 Å². The first kappa shape index (κ1) is 21.0. The summed E-state index contributed by atoms with van der Waals surface area (Å²) in [6.45, 7) is 4.62. The predicted molar refractivity (Wildman–Crippen MR) is 143 cm³/mol. The zero-order chi connectivity index (χ0) is 22.9. The first-order chi connectivity index (χ1) is 16.1. The summed E-state index contributed by atoms with van der Waals surface area (Å²) in [7, 11) is 1.94. The van der Waals surface area contributed by atoms with Gasteiger partial charge in [0.15, 0.2) is 0 Å². The molecule has 0 bridgehead atoms. The Labute approximate surface area is 195 Å². The Morgan fingerprint density at radius 1 is 0.697 bits per heavy atom. The molecular formula is C29H30N4. The van der Waals surface area contributed by atoms with Crippen molar-refractivity contribution in [3.05, 3.63) is 97.1 Å². The lowest BCUT2D eigenvalue weighted by Gasteiger charge is -2.36. The highest BCUT2D eigenvalue weighted by Gasteiger charge is 2.26. The molecule has 4 aromatic carbocycles. The number of nitrogens with one attached hydrogen (secondary N) is 1. The first-order valence-corrected chi connectivity index (χ1v) is 11.5. The Bertz CT molecular complexity index is 1330. The Kier molecular flexibility index (Phi) is 5.43. The Morgan fingerprint density at radius 2 is 1.18 bits per heavy atom. The maximum absolute atomic E-state index is 6.01. The smallest absolute Gasteiger partial charge is 0.0519 e. The van der Waals surface area contributed by atoms with E-state index in [1.54, 1.807) is 0 Å². The fraction of sp³-hybridized carbons (Fsp3) is 0.172. The van der Waals surface area contributed by atoms with Gasteiger partial charge in [0.1, 0.15) is 0 Å². The Morgan fingerprint density at radius 3 is 1.70 bits per heavy atom. The Balaban J connectivity index is 1.65. The molecule has 1 heterocycles. The standard InChI is InChI=1S/C29H30N4/c1-20(21(2)33-28-10-6-4-8-26(28)27-9-5-7-11-29(27)33)32(24-16-12-22(30)13-17-24)25-18-14-23(31-3)15-19-25/h4-21,31H,30H2,1-3H3/t20-,21?/m1/s1. The molecule has 0 fully saturated rings. The summed E-state index contributed by atoms with van der Waals surface area (Å²) < 4.78 is 2.49. The summed E-state index contributed by atoms with van der Waals surface area (Å²) in [4.78, 5) is 2.41. The number of anilines is 4. The van der Waals surface area contributed by atoms with Crippen molar-refractivity contribution in [1.82, 2.24) is 4.57 Å². The van der Waals surface area contributed by atoms with E-state index in [9.17, 15) is 0 Å². The van der Waals surface area contributed by atoms with Gasteiger partial charge in [0.25, 0.3) is 0 Å². The van der Waals surface area contributed by atoms with Crippen molar-refractivity contribution >= 4 is 44.6 Å². The van der Waals surface area contributed by atoms with Gasteiger partial charge in [-0.25, -0.2) is 0 Å². The molecule has 4 heteroatoms. The number of aromatic nitrogens is 1. The van der Waals surface area contributed by atoms with E-state index in [4.69, 9.17) is 5.73 Å². The molecule has 4 nitrogen and oxygen atoms in total. The van der Waals surface area contributed by atoms with E-state index in [-0.39, 0.29) is 12.1 Å². The monoisotopic (exact) mass is 434 g/mol. The van der Waals surface area contributed by atoms with E-state index in [2.05, 4.69) is 114 Å². The third-order valence-electron chi connectivity index (χ3n) is 6.74. The summed E-state index contributed by atoms with van der Waals surface area (Å²) in [5.74, 6) is 0. The Hall–Kier alpha value is -3.92. The average Bonchev–Trinajstić information content (AvgIpc) is 3.20. The molecule has 0 radical (unpaired) electrons. The van der Waals surface area contributed by atoms with Crippen LogP contribution in [-0.2, 0) is 0 Å². The van der Waals surface area contributed by atoms with Crippen LogP contribution in [0.15, 0.2) is 97.1 Å². The third kappa shape index (κ3) is 3.68. The molecule has 0 spiro atoms. The highest BCUT2D eigenvalue weighted by Crippen LogP contribution is 2.37. The van der Waals surface area contributed by atoms with Gasteiger partial charge in [-0.2, -0.15) is 0 Å². The molecule has 0 aliphatic carbocycles. The van der Waals surface area contributed by atoms with Crippen molar-refractivity contribution in [2.45, 2.75) is 25.9 Å². The van der Waals surface area contributed by atoms with Crippen LogP contribution in [0.5, 0.6) is 0 Å². The van der Waals surface area contributed by atoms with Crippen molar-refractivity contribution < 1.29 is 0 Å². The minimum Gasteiger partial charge on any atom is -0.399 e. The number of hydrogen-bond acceptors (Lipinski definition) is 3. The number of nitrogens with zero attached hydrogens (tertiary/aromatic N) is 2. The van der Waals surface area contributed by atoms with Crippen LogP contribution in [0.25, 0.3) is 21.8 Å². The zero-order valence-corrected chi connectivity index (χ0v) is 19.4. The van der Waals surface area contributed by atoms with E-state index in [0.29, 0.717) is 0 Å². The second-order valence-corrected chi connectivity index (χ2v) is 8.64. The lowest BCUT2D eigenvalue weighted by atomic mass is 10.1. The highest BCUT2D eigenvalue weighted by molar-refractivity contribution is 6.08. The van der Waals surface area contributed by atoms with Crippen LogP contribution in [0.4, 0.5) is 22.7 Å². The second kappa shape index (κ2) is 8.55. The van der Waals surface area contributed by atoms with Crippen LogP contribution in [-0.4, -0.2) is 17.7 Å². The van der Waals surface area contributed by atoms with Gasteiger partial charge < -0.3 is 20.5 Å². The first-order valence-electron chi connectivity index (χ1n) is 11.5. The topological polar surface area (TPSA) is 46.2 Å². The van der Waals surface area contributed by atoms with Crippen LogP contribution >= 0.6 is 0 Å². The number of para-hydroxylation sites is 2. The van der Waals surface area contributed by atoms with Crippen LogP contribution in [0, 0.1) is 0 Å². The number of nitrogen functional groups attached to an aromatic ring is 1. The normalized spacial score (nSPS) is 13.2. The summed E-state index contributed by atoms with van der Waals surface area (Å²) >= 11 is 0. The van der Waals surface area contributed by atoms with Gasteiger partial charge in [0, 0.05) is 51.6 Å². The van der Waals surface area contributed by atoms with E-state index in [1.165, 1.54) is 21.8 Å². The molecule has 33 heavy (non-hydrogen) atoms. The molecule has 0 saturated heterocycles. The molecule has 0 saturated carbocycles. The molecule has 0 aliphatic rings. The number of nitrogens with two attached hydrogens (primary N) is 1. The minimum atomic E-state index is 0.174. The fourth-order valence-corrected chi connectivity index (χ4v) is 4.87. The van der Waals surface area contributed by atoms with E-state index in [0.717, 1.165) is 22.7 Å². The van der Waals surface area contributed by atoms with Gasteiger partial charge in [0.05, 0.1) is 12.1 Å². The maximum atomic E-state index is 6.01. The second-order valence-electron chi connectivity index (χ2n) is 8.64. The maximum Gasteiger partial charge on any atom is 0.0519 e. The predicted octanol–water partition coefficient (Wildman–Crippen LogP) is 7.21. The molecule has 1 unspecified atom stereocenters. The number of benzene rings is 4. The fourth-order valence-electron chi connectivity index (χ4n) is 4.87. The summed E-state index contributed by atoms with van der Waals surface area (Å²) in [5.41, 5.74) is 12.7. The van der Waals surface area contributed by atoms with Gasteiger partial charge in [-0.15, -0.1) is 0 Å². The lowest BCUT2D eigenvalue weighted by molar-refractivity contribution is 0.481. The van der Waals surface area contributed by atoms with Crippen molar-refractivity contribution in [3.8, 4) is 0 Å². The molecule has 0 aliphatic heterocycles. The van der Waals surface area contributed by atoms with Crippen molar-refractivity contribution in [2.24, 2.45) is 0 Å². The van der Waals surface area contributed by atoms with Crippen LogP contribution in [0.2, 0.25) is 0 Å². The van der Waals surface area contributed by atoms with Crippen LogP contribution in [0.3, 0.4) is 0 Å². The van der Waals surface area contributed by atoms with Crippen LogP contribution in [0.1, 0.15) is 19.9 Å². The molecule has 2 atom stereocenters. The van der Waals surface area contributed by atoms with E-state index >= 15 is 0 Å². The average molecular weight is 435 g/mol. The zero-order valence-electron chi connectivity index (χ0n) is 19.4. The molecule has 5 rings (SSSR count). The van der Waals surface area contributed by atoms with Gasteiger partial charge in [-0.05, 0) is 74.5 Å². The lowest BCUT2D eigenvalue weighted by Crippen LogP contribution is -2.35. The molecule has 3 N–H and O–H groups in total. The molecule has 5 aromatic rings. The molecular weight excluding hydrogens is 404 g/mol. The number of fused-ring (bicyclic) bond motifs is 3. The SMILES string of the molecule is CNc1ccc(N(c2ccc(N)cc2)[C@H](C)C(C)n2c3ccccc3c3ccccc32)cc1. The molecule has 166 valence electrons. The summed E-state index contributed by atoms with van der Waals surface area (Å²) in [5, 5.41) is 5.81. The van der Waals surface area contributed by atoms with Gasteiger partial charge in [0.2, 0.25) is 0 Å². The van der Waals surface area contributed by atoms with Crippen molar-refractivity contribution in [2.75, 3.05) is 23.0 Å². The van der Waals surface area contributed by atoms with Crippen molar-refractivity contribution in [3.63, 3.8) is 0 Å².